The second-order valence-corrected chi connectivity index (χ2v) is 8.94. The zero-order valence-electron chi connectivity index (χ0n) is 10.5. The van der Waals surface area contributed by atoms with Gasteiger partial charge >= 0.3 is 0 Å². The molecule has 1 unspecified atom stereocenters. The molecule has 17 heavy (non-hydrogen) atoms. The first-order valence-electron chi connectivity index (χ1n) is 5.50. The van der Waals surface area contributed by atoms with Crippen molar-refractivity contribution in [3.8, 4) is 0 Å². The Balaban J connectivity index is 2.86. The Morgan fingerprint density at radius 2 is 2.00 bits per heavy atom. The lowest BCUT2D eigenvalue weighted by Crippen LogP contribution is -2.33. The largest absolute Gasteiger partial charge is 0.241 e. The molecule has 1 atom stereocenters. The van der Waals surface area contributed by atoms with Gasteiger partial charge in [0.1, 0.15) is 0 Å². The zero-order valence-corrected chi connectivity index (χ0v) is 13.7. The molecule has 0 aliphatic rings. The van der Waals surface area contributed by atoms with Gasteiger partial charge in [0.15, 0.2) is 0 Å². The average molecular weight is 340 g/mol. The maximum atomic E-state index is 12.1. The first-order chi connectivity index (χ1) is 7.72. The van der Waals surface area contributed by atoms with Crippen LogP contribution in [0.2, 0.25) is 0 Å². The number of hydrogen-bond acceptors (Lipinski definition) is 3. The summed E-state index contributed by atoms with van der Waals surface area (Å²) in [6, 6.07) is 1.61. The van der Waals surface area contributed by atoms with E-state index >= 15 is 0 Å². The van der Waals surface area contributed by atoms with Crippen LogP contribution in [0.15, 0.2) is 14.7 Å². The quantitative estimate of drug-likeness (QED) is 0.891. The third-order valence-electron chi connectivity index (χ3n) is 2.31. The maximum absolute atomic E-state index is 12.1. The highest BCUT2D eigenvalue weighted by Crippen LogP contribution is 2.29. The Bertz CT molecular complexity index is 480. The van der Waals surface area contributed by atoms with Crippen LogP contribution in [0.25, 0.3) is 0 Å². The highest BCUT2D eigenvalue weighted by atomic mass is 79.9. The predicted molar refractivity (Wildman–Crippen MR) is 76.0 cm³/mol. The van der Waals surface area contributed by atoms with Crippen LogP contribution >= 0.6 is 27.3 Å². The first-order valence-corrected chi connectivity index (χ1v) is 8.60. The van der Waals surface area contributed by atoms with Gasteiger partial charge in [-0.2, -0.15) is 0 Å². The molecule has 0 saturated heterocycles. The summed E-state index contributed by atoms with van der Waals surface area (Å²) in [6.07, 6.45) is 0.837. The van der Waals surface area contributed by atoms with Crippen LogP contribution in [0.4, 0.5) is 0 Å². The summed E-state index contributed by atoms with van der Waals surface area (Å²) in [6.45, 7) is 7.87. The summed E-state index contributed by atoms with van der Waals surface area (Å²) in [7, 11) is -3.38. The van der Waals surface area contributed by atoms with Crippen molar-refractivity contribution in [2.24, 2.45) is 5.92 Å². The Morgan fingerprint density at radius 1 is 1.41 bits per heavy atom. The number of nitrogens with one attached hydrogen (secondary N) is 1. The van der Waals surface area contributed by atoms with Crippen molar-refractivity contribution in [1.82, 2.24) is 4.72 Å². The van der Waals surface area contributed by atoms with E-state index in [-0.39, 0.29) is 6.04 Å². The number of aryl methyl sites for hydroxylation is 1. The summed E-state index contributed by atoms with van der Waals surface area (Å²) in [5.41, 5.74) is 0. The maximum Gasteiger partial charge on any atom is 0.241 e. The minimum absolute atomic E-state index is 0.0434. The van der Waals surface area contributed by atoms with Gasteiger partial charge in [0.05, 0.1) is 8.68 Å². The fraction of sp³-hybridized carbons (Fsp3) is 0.636. The van der Waals surface area contributed by atoms with Crippen LogP contribution in [-0.2, 0) is 10.0 Å². The van der Waals surface area contributed by atoms with Crippen LogP contribution in [0, 0.1) is 12.8 Å². The summed E-state index contributed by atoms with van der Waals surface area (Å²) in [4.78, 5) is 1.19. The molecule has 0 bridgehead atoms. The lowest BCUT2D eigenvalue weighted by molar-refractivity contribution is 0.482. The molecule has 1 N–H and O–H groups in total. The van der Waals surface area contributed by atoms with E-state index in [1.165, 1.54) is 11.3 Å². The topological polar surface area (TPSA) is 46.2 Å². The summed E-state index contributed by atoms with van der Waals surface area (Å²) in [5.74, 6) is 0.475. The minimum atomic E-state index is -3.38. The van der Waals surface area contributed by atoms with E-state index in [9.17, 15) is 8.42 Å². The van der Waals surface area contributed by atoms with Gasteiger partial charge in [0.2, 0.25) is 10.0 Å². The monoisotopic (exact) mass is 339 g/mol. The molecule has 0 spiro atoms. The average Bonchev–Trinajstić information content (AvgIpc) is 2.42. The van der Waals surface area contributed by atoms with Crippen molar-refractivity contribution in [2.45, 2.75) is 45.1 Å². The van der Waals surface area contributed by atoms with E-state index < -0.39 is 10.0 Å². The molecular weight excluding hydrogens is 322 g/mol. The fourth-order valence-electron chi connectivity index (χ4n) is 1.78. The summed E-state index contributed by atoms with van der Waals surface area (Å²) < 4.78 is 27.8. The number of hydrogen-bond donors (Lipinski definition) is 1. The molecule has 3 nitrogen and oxygen atoms in total. The first kappa shape index (κ1) is 15.1. The van der Waals surface area contributed by atoms with Gasteiger partial charge in [0.25, 0.3) is 0 Å². The zero-order chi connectivity index (χ0) is 13.2. The van der Waals surface area contributed by atoms with E-state index in [0.29, 0.717) is 10.8 Å². The molecule has 6 heteroatoms. The second-order valence-electron chi connectivity index (χ2n) is 4.62. The van der Waals surface area contributed by atoms with Gasteiger partial charge in [-0.3, -0.25) is 0 Å². The number of sulfonamides is 1. The summed E-state index contributed by atoms with van der Waals surface area (Å²) >= 11 is 4.74. The third-order valence-corrected chi connectivity index (χ3v) is 5.71. The van der Waals surface area contributed by atoms with Crippen molar-refractivity contribution >= 4 is 37.3 Å². The molecule has 0 radical (unpaired) electrons. The van der Waals surface area contributed by atoms with Crippen molar-refractivity contribution in [3.05, 3.63) is 14.7 Å². The van der Waals surface area contributed by atoms with E-state index in [4.69, 9.17) is 0 Å². The van der Waals surface area contributed by atoms with E-state index in [1.54, 1.807) is 6.07 Å². The SMILES string of the molecule is Cc1sc(Br)cc1S(=O)(=O)NC(C)CC(C)C. The Labute approximate surface area is 116 Å². The molecule has 0 fully saturated rings. The molecule has 0 aromatic carbocycles. The van der Waals surface area contributed by atoms with Gasteiger partial charge in [-0.25, -0.2) is 13.1 Å². The smallest absolute Gasteiger partial charge is 0.208 e. The van der Waals surface area contributed by atoms with Crippen LogP contribution in [-0.4, -0.2) is 14.5 Å². The molecule has 0 aliphatic carbocycles. The van der Waals surface area contributed by atoms with Crippen molar-refractivity contribution < 1.29 is 8.42 Å². The van der Waals surface area contributed by atoms with Gasteiger partial charge in [-0.1, -0.05) is 13.8 Å². The molecule has 1 aromatic heterocycles. The molecule has 0 aliphatic heterocycles. The van der Waals surface area contributed by atoms with E-state index in [2.05, 4.69) is 34.5 Å². The predicted octanol–water partition coefficient (Wildman–Crippen LogP) is 3.53. The standard InChI is InChI=1S/C11H18BrNO2S2/c1-7(2)5-8(3)13-17(14,15)10-6-11(12)16-9(10)4/h6-8,13H,5H2,1-4H3. The normalized spacial score (nSPS) is 14.2. The molecule has 0 amide bonds. The number of thiophene rings is 1. The van der Waals surface area contributed by atoms with Crippen LogP contribution in [0.1, 0.15) is 32.1 Å². The van der Waals surface area contributed by atoms with Crippen molar-refractivity contribution in [2.75, 3.05) is 0 Å². The molecular formula is C11H18BrNO2S2. The van der Waals surface area contributed by atoms with Crippen molar-refractivity contribution in [3.63, 3.8) is 0 Å². The Morgan fingerprint density at radius 3 is 2.41 bits per heavy atom. The van der Waals surface area contributed by atoms with Gasteiger partial charge in [-0.05, 0) is 48.2 Å². The van der Waals surface area contributed by atoms with E-state index in [0.717, 1.165) is 15.1 Å². The lowest BCUT2D eigenvalue weighted by Gasteiger charge is -2.15. The fourth-order valence-corrected chi connectivity index (χ4v) is 5.45. The summed E-state index contributed by atoms with van der Waals surface area (Å²) in [5, 5.41) is 0. The van der Waals surface area contributed by atoms with Crippen LogP contribution in [0.3, 0.4) is 0 Å². The Hall–Kier alpha value is 0.0900. The van der Waals surface area contributed by atoms with Gasteiger partial charge in [-0.15, -0.1) is 11.3 Å². The molecule has 1 heterocycles. The van der Waals surface area contributed by atoms with E-state index in [1.807, 2.05) is 13.8 Å². The number of rotatable bonds is 5. The number of halogens is 1. The molecule has 98 valence electrons. The third kappa shape index (κ3) is 4.35. The Kier molecular flexibility index (Phi) is 5.19. The molecule has 1 aromatic rings. The van der Waals surface area contributed by atoms with Gasteiger partial charge in [0, 0.05) is 10.9 Å². The van der Waals surface area contributed by atoms with Crippen molar-refractivity contribution in [1.29, 1.82) is 0 Å². The minimum Gasteiger partial charge on any atom is -0.208 e. The van der Waals surface area contributed by atoms with Crippen LogP contribution in [0.5, 0.6) is 0 Å². The highest BCUT2D eigenvalue weighted by molar-refractivity contribution is 9.11. The highest BCUT2D eigenvalue weighted by Gasteiger charge is 2.21. The van der Waals surface area contributed by atoms with Gasteiger partial charge < -0.3 is 0 Å². The second kappa shape index (κ2) is 5.82. The molecule has 1 rings (SSSR count). The van der Waals surface area contributed by atoms with Crippen LogP contribution < -0.4 is 4.72 Å². The lowest BCUT2D eigenvalue weighted by atomic mass is 10.1. The molecule has 0 saturated carbocycles.